The Morgan fingerprint density at radius 3 is 1.28 bits per heavy atom. The Bertz CT molecular complexity index is 3230. The van der Waals surface area contributed by atoms with Crippen molar-refractivity contribution in [3.05, 3.63) is 212 Å². The van der Waals surface area contributed by atoms with Crippen molar-refractivity contribution in [1.29, 1.82) is 0 Å². The fraction of sp³-hybridized carbons (Fsp3) is 0. The average Bonchev–Trinajstić information content (AvgIpc) is 3.74. The molecule has 1 aromatic heterocycles. The maximum atomic E-state index is 4.75. The van der Waals surface area contributed by atoms with Crippen molar-refractivity contribution < 1.29 is 0 Å². The minimum atomic E-state index is 0.801. The molecule has 0 saturated carbocycles. The van der Waals surface area contributed by atoms with E-state index in [4.69, 9.17) is 10.2 Å². The quantitative estimate of drug-likeness (QED) is 0.160. The van der Waals surface area contributed by atoms with Crippen LogP contribution in [0.2, 0.25) is 0 Å². The summed E-state index contributed by atoms with van der Waals surface area (Å²) in [5, 5.41) is 19.4. The van der Waals surface area contributed by atoms with Crippen LogP contribution in [0, 0.1) is 0 Å². The molecule has 0 aliphatic carbocycles. The van der Waals surface area contributed by atoms with E-state index in [1.807, 2.05) is 36.4 Å². The molecule has 0 fully saturated rings. The highest BCUT2D eigenvalue weighted by Crippen LogP contribution is 2.46. The first-order valence-electron chi connectivity index (χ1n) is 19.4. The Morgan fingerprint density at radius 2 is 0.702 bits per heavy atom. The summed E-state index contributed by atoms with van der Waals surface area (Å²) < 4.78 is 2.18. The van der Waals surface area contributed by atoms with Crippen LogP contribution in [0.15, 0.2) is 212 Å². The first-order valence-corrected chi connectivity index (χ1v) is 19.4. The first-order chi connectivity index (χ1) is 28.3. The molecule has 0 saturated heterocycles. The van der Waals surface area contributed by atoms with Gasteiger partial charge >= 0.3 is 0 Å². The lowest BCUT2D eigenvalue weighted by atomic mass is 9.84. The fourth-order valence-corrected chi connectivity index (χ4v) is 8.57. The molecule has 0 N–H and O–H groups in total. The monoisotopic (exact) mass is 725 g/mol. The number of rotatable bonds is 6. The predicted molar refractivity (Wildman–Crippen MR) is 239 cm³/mol. The van der Waals surface area contributed by atoms with Crippen molar-refractivity contribution in [1.82, 2.24) is 14.8 Å². The number of benzene rings is 10. The lowest BCUT2D eigenvalue weighted by Gasteiger charge is -2.19. The van der Waals surface area contributed by atoms with E-state index >= 15 is 0 Å². The lowest BCUT2D eigenvalue weighted by Crippen LogP contribution is -2.00. The van der Waals surface area contributed by atoms with Gasteiger partial charge in [0, 0.05) is 16.8 Å². The highest BCUT2D eigenvalue weighted by Gasteiger charge is 2.20. The van der Waals surface area contributed by atoms with Crippen molar-refractivity contribution in [2.45, 2.75) is 0 Å². The van der Waals surface area contributed by atoms with E-state index in [-0.39, 0.29) is 0 Å². The molecule has 0 amide bonds. The van der Waals surface area contributed by atoms with E-state index in [2.05, 4.69) is 180 Å². The van der Waals surface area contributed by atoms with E-state index in [1.54, 1.807) is 0 Å². The third-order valence-corrected chi connectivity index (χ3v) is 11.3. The molecule has 11 rings (SSSR count). The van der Waals surface area contributed by atoms with Gasteiger partial charge in [0.2, 0.25) is 0 Å². The molecule has 1 heterocycles. The molecule has 0 unspecified atom stereocenters. The molecular weight excluding hydrogens is 691 g/mol. The lowest BCUT2D eigenvalue weighted by molar-refractivity contribution is 1.07. The SMILES string of the molecule is c1ccc(-c2nnc(-c3ccccc3)n2-c2cccc(-c3ccc4c(-c5ccc6ccccc6c5)c5ccccc5c(-c5ccc6ccccc6c5)c4c3)c2)cc1. The Labute approximate surface area is 330 Å². The van der Waals surface area contributed by atoms with Crippen molar-refractivity contribution >= 4 is 43.1 Å². The van der Waals surface area contributed by atoms with Crippen LogP contribution in [0.5, 0.6) is 0 Å². The topological polar surface area (TPSA) is 30.7 Å². The van der Waals surface area contributed by atoms with Gasteiger partial charge in [0.05, 0.1) is 0 Å². The molecule has 266 valence electrons. The van der Waals surface area contributed by atoms with Crippen molar-refractivity contribution in [2.24, 2.45) is 0 Å². The largest absolute Gasteiger partial charge is 0.275 e. The molecule has 57 heavy (non-hydrogen) atoms. The van der Waals surface area contributed by atoms with E-state index < -0.39 is 0 Å². The van der Waals surface area contributed by atoms with Gasteiger partial charge in [0.1, 0.15) is 0 Å². The Hall–Kier alpha value is -7.62. The Morgan fingerprint density at radius 1 is 0.263 bits per heavy atom. The highest BCUT2D eigenvalue weighted by atomic mass is 15.3. The van der Waals surface area contributed by atoms with Crippen molar-refractivity contribution in [3.8, 4) is 61.8 Å². The molecule has 3 heteroatoms. The number of fused-ring (bicyclic) bond motifs is 4. The molecular formula is C54H35N3. The second-order valence-corrected chi connectivity index (χ2v) is 14.6. The second kappa shape index (κ2) is 13.6. The average molecular weight is 726 g/mol. The van der Waals surface area contributed by atoms with Crippen LogP contribution < -0.4 is 0 Å². The maximum Gasteiger partial charge on any atom is 0.168 e. The highest BCUT2D eigenvalue weighted by molar-refractivity contribution is 6.22. The minimum Gasteiger partial charge on any atom is -0.275 e. The molecule has 0 atom stereocenters. The normalized spacial score (nSPS) is 11.5. The summed E-state index contributed by atoms with van der Waals surface area (Å²) in [6, 6.07) is 76.3. The third-order valence-electron chi connectivity index (χ3n) is 11.3. The van der Waals surface area contributed by atoms with E-state index in [1.165, 1.54) is 65.3 Å². The smallest absolute Gasteiger partial charge is 0.168 e. The zero-order valence-corrected chi connectivity index (χ0v) is 31.0. The van der Waals surface area contributed by atoms with Crippen LogP contribution in [0.3, 0.4) is 0 Å². The fourth-order valence-electron chi connectivity index (χ4n) is 8.57. The van der Waals surface area contributed by atoms with E-state index in [0.717, 1.165) is 39.6 Å². The number of hydrogen-bond donors (Lipinski definition) is 0. The Balaban J connectivity index is 1.16. The standard InChI is InChI=1S/C54H35N3/c1-3-16-38(17-4-1)53-55-56-54(39-18-5-2-6-19-39)57(53)46-23-13-22-42(34-46)43-30-31-49-50(35-43)52(45-29-27-37-15-8-10-21-41(37)33-45)48-25-12-11-24-47(48)51(49)44-28-26-36-14-7-9-20-40(36)32-44/h1-35H. The molecule has 10 aromatic carbocycles. The summed E-state index contributed by atoms with van der Waals surface area (Å²) in [6.45, 7) is 0. The number of hydrogen-bond acceptors (Lipinski definition) is 2. The second-order valence-electron chi connectivity index (χ2n) is 14.6. The van der Waals surface area contributed by atoms with Gasteiger partial charge in [-0.2, -0.15) is 0 Å². The van der Waals surface area contributed by atoms with Crippen LogP contribution in [0.1, 0.15) is 0 Å². The maximum absolute atomic E-state index is 4.75. The summed E-state index contributed by atoms with van der Waals surface area (Å²) in [4.78, 5) is 0. The molecule has 0 spiro atoms. The summed E-state index contributed by atoms with van der Waals surface area (Å²) in [6.07, 6.45) is 0. The predicted octanol–water partition coefficient (Wildman–Crippen LogP) is 14.2. The van der Waals surface area contributed by atoms with Crippen LogP contribution >= 0.6 is 0 Å². The summed E-state index contributed by atoms with van der Waals surface area (Å²) >= 11 is 0. The minimum absolute atomic E-state index is 0.801. The third kappa shape index (κ3) is 5.68. The molecule has 11 aromatic rings. The van der Waals surface area contributed by atoms with Gasteiger partial charge in [-0.05, 0) is 107 Å². The van der Waals surface area contributed by atoms with Crippen LogP contribution in [0.25, 0.3) is 105 Å². The van der Waals surface area contributed by atoms with Gasteiger partial charge in [-0.25, -0.2) is 0 Å². The molecule has 0 bridgehead atoms. The van der Waals surface area contributed by atoms with E-state index in [9.17, 15) is 0 Å². The number of aromatic nitrogens is 3. The first kappa shape index (κ1) is 32.8. The van der Waals surface area contributed by atoms with Crippen LogP contribution in [0.4, 0.5) is 0 Å². The van der Waals surface area contributed by atoms with E-state index in [0.29, 0.717) is 0 Å². The van der Waals surface area contributed by atoms with Gasteiger partial charge in [-0.1, -0.05) is 182 Å². The van der Waals surface area contributed by atoms with Gasteiger partial charge < -0.3 is 0 Å². The van der Waals surface area contributed by atoms with Crippen molar-refractivity contribution in [3.63, 3.8) is 0 Å². The van der Waals surface area contributed by atoms with Crippen molar-refractivity contribution in [2.75, 3.05) is 0 Å². The van der Waals surface area contributed by atoms with Gasteiger partial charge in [0.25, 0.3) is 0 Å². The van der Waals surface area contributed by atoms with Crippen LogP contribution in [-0.4, -0.2) is 14.8 Å². The van der Waals surface area contributed by atoms with Gasteiger partial charge in [-0.3, -0.25) is 4.57 Å². The zero-order valence-electron chi connectivity index (χ0n) is 31.0. The summed E-state index contributed by atoms with van der Waals surface area (Å²) in [7, 11) is 0. The molecule has 3 nitrogen and oxygen atoms in total. The van der Waals surface area contributed by atoms with Crippen LogP contribution in [-0.2, 0) is 0 Å². The molecule has 0 radical (unpaired) electrons. The summed E-state index contributed by atoms with van der Waals surface area (Å²) in [5.74, 6) is 1.60. The Kier molecular flexibility index (Phi) is 7.82. The van der Waals surface area contributed by atoms with Gasteiger partial charge in [0.15, 0.2) is 11.6 Å². The summed E-state index contributed by atoms with van der Waals surface area (Å²) in [5.41, 5.74) is 10.2. The van der Waals surface area contributed by atoms with Gasteiger partial charge in [-0.15, -0.1) is 10.2 Å². The molecule has 0 aliphatic rings. The molecule has 0 aliphatic heterocycles. The number of nitrogens with zero attached hydrogens (tertiary/aromatic N) is 3. The zero-order chi connectivity index (χ0) is 37.7.